The fourth-order valence-electron chi connectivity index (χ4n) is 2.21. The van der Waals surface area contributed by atoms with Crippen LogP contribution in [-0.2, 0) is 9.47 Å². The van der Waals surface area contributed by atoms with Crippen molar-refractivity contribution in [2.45, 2.75) is 11.8 Å². The average Bonchev–Trinajstić information content (AvgIpc) is 2.54. The first-order chi connectivity index (χ1) is 10.0. The van der Waals surface area contributed by atoms with Crippen molar-refractivity contribution in [3.63, 3.8) is 0 Å². The molecule has 1 aliphatic carbocycles. The fourth-order valence-corrected chi connectivity index (χ4v) is 2.21. The van der Waals surface area contributed by atoms with E-state index in [4.69, 9.17) is 9.47 Å². The molecule has 0 bridgehead atoms. The van der Waals surface area contributed by atoms with Gasteiger partial charge >= 0.3 is 5.72 Å². The van der Waals surface area contributed by atoms with E-state index in [0.717, 1.165) is 0 Å². The molecule has 0 spiro atoms. The number of hydrogen-bond acceptors (Lipinski definition) is 5. The quantitative estimate of drug-likeness (QED) is 0.358. The number of hydrogen-bond donors (Lipinski definition) is 0. The van der Waals surface area contributed by atoms with Gasteiger partial charge < -0.3 is 9.47 Å². The third-order valence-electron chi connectivity index (χ3n) is 3.40. The van der Waals surface area contributed by atoms with Crippen molar-refractivity contribution in [3.05, 3.63) is 69.8 Å². The van der Waals surface area contributed by atoms with Crippen LogP contribution in [0, 0.1) is 10.1 Å². The number of allylic oxidation sites excluding steroid dienone is 2. The maximum absolute atomic E-state index is 12.3. The van der Waals surface area contributed by atoms with E-state index in [2.05, 4.69) is 0 Å². The highest BCUT2D eigenvalue weighted by Crippen LogP contribution is 2.29. The second-order valence-electron chi connectivity index (χ2n) is 4.52. The zero-order valence-corrected chi connectivity index (χ0v) is 11.7. The largest absolute Gasteiger partial charge is 0.374 e. The van der Waals surface area contributed by atoms with Crippen LogP contribution >= 0.6 is 0 Å². The summed E-state index contributed by atoms with van der Waals surface area (Å²) in [5.41, 5.74) is -0.966. The van der Waals surface area contributed by atoms with E-state index in [1.54, 1.807) is 24.3 Å². The molecule has 0 aromatic heterocycles. The molecule has 2 atom stereocenters. The zero-order chi connectivity index (χ0) is 15.5. The molecule has 0 radical (unpaired) electrons. The second-order valence-corrected chi connectivity index (χ2v) is 4.52. The number of ether oxygens (including phenoxy) is 2. The molecule has 0 fully saturated rings. The minimum atomic E-state index is -1.81. The predicted molar refractivity (Wildman–Crippen MR) is 75.5 cm³/mol. The van der Waals surface area contributed by atoms with Gasteiger partial charge in [0.25, 0.3) is 0 Å². The van der Waals surface area contributed by atoms with Crippen LogP contribution in [0.2, 0.25) is 0 Å². The van der Waals surface area contributed by atoms with Crippen LogP contribution in [-0.4, -0.2) is 36.8 Å². The molecule has 0 aliphatic heterocycles. The zero-order valence-electron chi connectivity index (χ0n) is 11.7. The first kappa shape index (κ1) is 15.1. The first-order valence-corrected chi connectivity index (χ1v) is 6.28. The summed E-state index contributed by atoms with van der Waals surface area (Å²) < 4.78 is 10.1. The van der Waals surface area contributed by atoms with Gasteiger partial charge in [0.15, 0.2) is 11.9 Å². The van der Waals surface area contributed by atoms with Crippen molar-refractivity contribution < 1.29 is 19.2 Å². The number of carbonyl (C=O) groups is 1. The van der Waals surface area contributed by atoms with Crippen molar-refractivity contribution in [3.8, 4) is 0 Å². The summed E-state index contributed by atoms with van der Waals surface area (Å²) in [5, 5.41) is 11.3. The minimum absolute atomic E-state index is 0.220. The van der Waals surface area contributed by atoms with E-state index in [1.165, 1.54) is 32.4 Å². The molecule has 6 heteroatoms. The Kier molecular flexibility index (Phi) is 4.30. The lowest BCUT2D eigenvalue weighted by atomic mass is 9.92. The number of ketones is 1. The maximum atomic E-state index is 12.3. The smallest absolute Gasteiger partial charge is 0.367 e. The van der Waals surface area contributed by atoms with Gasteiger partial charge in [-0.2, -0.15) is 0 Å². The van der Waals surface area contributed by atoms with Gasteiger partial charge in [-0.15, -0.1) is 0 Å². The van der Waals surface area contributed by atoms with E-state index in [-0.39, 0.29) is 5.78 Å². The highest BCUT2D eigenvalue weighted by Gasteiger charge is 2.50. The molecule has 0 heterocycles. The fraction of sp³-hybridized carbons (Fsp3) is 0.267. The molecule has 1 aromatic rings. The summed E-state index contributed by atoms with van der Waals surface area (Å²) in [6.07, 6.45) is 3.08. The van der Waals surface area contributed by atoms with Gasteiger partial charge in [-0.25, -0.2) is 0 Å². The van der Waals surface area contributed by atoms with E-state index in [9.17, 15) is 14.9 Å². The highest BCUT2D eigenvalue weighted by atomic mass is 16.7. The molecule has 1 aromatic carbocycles. The summed E-state index contributed by atoms with van der Waals surface area (Å²) >= 11 is 0. The van der Waals surface area contributed by atoms with Crippen LogP contribution < -0.4 is 0 Å². The molecule has 2 rings (SSSR count). The van der Waals surface area contributed by atoms with Gasteiger partial charge in [0, 0.05) is 31.4 Å². The van der Waals surface area contributed by atoms with Gasteiger partial charge in [0.05, 0.1) is 4.92 Å². The molecule has 0 saturated heterocycles. The Bertz CT molecular complexity index is 608. The van der Waals surface area contributed by atoms with Crippen molar-refractivity contribution >= 4 is 5.78 Å². The Balaban J connectivity index is 2.36. The average molecular weight is 289 g/mol. The first-order valence-electron chi connectivity index (χ1n) is 6.28. The number of methoxy groups -OCH3 is 2. The molecular formula is C15H15NO5. The Hall–Kier alpha value is -2.31. The molecule has 110 valence electrons. The van der Waals surface area contributed by atoms with E-state index >= 15 is 0 Å². The van der Waals surface area contributed by atoms with E-state index < -0.39 is 16.8 Å². The number of rotatable bonds is 5. The molecule has 0 saturated carbocycles. The normalized spacial score (nSPS) is 24.5. The summed E-state index contributed by atoms with van der Waals surface area (Å²) in [7, 11) is 2.57. The molecule has 21 heavy (non-hydrogen) atoms. The number of carbonyl (C=O) groups excluding carboxylic acids is 1. The summed E-state index contributed by atoms with van der Waals surface area (Å²) in [5.74, 6) is -0.220. The molecule has 0 amide bonds. The molecule has 0 N–H and O–H groups in total. The van der Waals surface area contributed by atoms with Crippen LogP contribution in [0.4, 0.5) is 0 Å². The Morgan fingerprint density at radius 3 is 2.48 bits per heavy atom. The summed E-state index contributed by atoms with van der Waals surface area (Å²) in [6.45, 7) is 0. The van der Waals surface area contributed by atoms with Gasteiger partial charge in [-0.05, 0) is 12.2 Å². The second kappa shape index (κ2) is 5.99. The standard InChI is InChI=1S/C15H15NO5/c1-20-13-10-12(8-9-15(13,21-2)16(18)19)14(17)11-6-4-3-5-7-11/h3-10,13H,1-2H3. The van der Waals surface area contributed by atoms with Crippen molar-refractivity contribution in [2.75, 3.05) is 14.2 Å². The van der Waals surface area contributed by atoms with E-state index in [1.807, 2.05) is 6.07 Å². The van der Waals surface area contributed by atoms with Crippen LogP contribution in [0.5, 0.6) is 0 Å². The number of nitro groups is 1. The Morgan fingerprint density at radius 1 is 1.29 bits per heavy atom. The lowest BCUT2D eigenvalue weighted by Crippen LogP contribution is -2.51. The van der Waals surface area contributed by atoms with Crippen molar-refractivity contribution in [1.29, 1.82) is 0 Å². The molecule has 2 unspecified atom stereocenters. The number of Topliss-reactive ketones (excluding diaryl/α,β-unsaturated/α-hetero) is 1. The summed E-state index contributed by atoms with van der Waals surface area (Å²) in [4.78, 5) is 23.0. The van der Waals surface area contributed by atoms with Gasteiger partial charge in [-0.1, -0.05) is 30.3 Å². The van der Waals surface area contributed by atoms with Gasteiger partial charge in [-0.3, -0.25) is 14.9 Å². The van der Waals surface area contributed by atoms with Gasteiger partial charge in [0.2, 0.25) is 0 Å². The molecular weight excluding hydrogens is 274 g/mol. The third kappa shape index (κ3) is 2.63. The Labute approximate surface area is 121 Å². The molecule has 6 nitrogen and oxygen atoms in total. The SMILES string of the molecule is COC1C=C(C(=O)c2ccccc2)C=CC1(OC)[N+](=O)[O-]. The van der Waals surface area contributed by atoms with Crippen LogP contribution in [0.15, 0.2) is 54.1 Å². The minimum Gasteiger partial charge on any atom is -0.367 e. The topological polar surface area (TPSA) is 78.7 Å². The van der Waals surface area contributed by atoms with Crippen molar-refractivity contribution in [1.82, 2.24) is 0 Å². The maximum Gasteiger partial charge on any atom is 0.374 e. The molecule has 1 aliphatic rings. The predicted octanol–water partition coefficient (Wildman–Crippen LogP) is 2.00. The van der Waals surface area contributed by atoms with E-state index in [0.29, 0.717) is 11.1 Å². The number of nitrogens with zero attached hydrogens (tertiary/aromatic N) is 1. The monoisotopic (exact) mass is 289 g/mol. The van der Waals surface area contributed by atoms with Crippen LogP contribution in [0.1, 0.15) is 10.4 Å². The summed E-state index contributed by atoms with van der Waals surface area (Å²) in [6, 6.07) is 8.69. The Morgan fingerprint density at radius 2 is 1.95 bits per heavy atom. The van der Waals surface area contributed by atoms with Crippen LogP contribution in [0.3, 0.4) is 0 Å². The lowest BCUT2D eigenvalue weighted by molar-refractivity contribution is -0.621. The van der Waals surface area contributed by atoms with Crippen molar-refractivity contribution in [2.24, 2.45) is 0 Å². The highest BCUT2D eigenvalue weighted by molar-refractivity contribution is 6.10. The lowest BCUT2D eigenvalue weighted by Gasteiger charge is -2.28. The number of benzene rings is 1. The van der Waals surface area contributed by atoms with Crippen LogP contribution in [0.25, 0.3) is 0 Å². The third-order valence-corrected chi connectivity index (χ3v) is 3.40. The van der Waals surface area contributed by atoms with Gasteiger partial charge in [0.1, 0.15) is 0 Å².